The molecule has 3 aromatic rings. The Morgan fingerprint density at radius 3 is 2.40 bits per heavy atom. The van der Waals surface area contributed by atoms with Crippen LogP contribution in [-0.4, -0.2) is 23.9 Å². The van der Waals surface area contributed by atoms with Gasteiger partial charge in [0.15, 0.2) is 0 Å². The lowest BCUT2D eigenvalue weighted by Gasteiger charge is -2.31. The molecule has 1 aliphatic heterocycles. The Labute approximate surface area is 176 Å². The smallest absolute Gasteiger partial charge is 0.337 e. The number of aryl methyl sites for hydroxylation is 1. The Balaban J connectivity index is 1.71. The molecule has 0 aromatic heterocycles. The fourth-order valence-corrected chi connectivity index (χ4v) is 3.70. The summed E-state index contributed by atoms with van der Waals surface area (Å²) in [6.45, 7) is 2.06. The molecule has 152 valence electrons. The first-order valence-corrected chi connectivity index (χ1v) is 9.91. The van der Waals surface area contributed by atoms with Crippen molar-refractivity contribution in [3.05, 3.63) is 101 Å². The second-order valence-corrected chi connectivity index (χ2v) is 7.44. The topological polar surface area (TPSA) is 70.9 Å². The molecular formula is C25H24N2O3. The van der Waals surface area contributed by atoms with E-state index in [0.717, 1.165) is 22.4 Å². The number of para-hydroxylation sites is 1. The summed E-state index contributed by atoms with van der Waals surface area (Å²) in [5.74, 6) is -0.103. The Morgan fingerprint density at radius 2 is 1.73 bits per heavy atom. The van der Waals surface area contributed by atoms with E-state index in [4.69, 9.17) is 9.73 Å². The van der Waals surface area contributed by atoms with E-state index in [2.05, 4.69) is 36.5 Å². The third-order valence-corrected chi connectivity index (χ3v) is 5.39. The molecule has 0 saturated heterocycles. The minimum Gasteiger partial charge on any atom is -0.508 e. The van der Waals surface area contributed by atoms with Crippen LogP contribution >= 0.6 is 0 Å². The third-order valence-electron chi connectivity index (χ3n) is 5.39. The van der Waals surface area contributed by atoms with Crippen molar-refractivity contribution in [1.29, 1.82) is 0 Å². The molecule has 0 aliphatic carbocycles. The first kappa shape index (κ1) is 19.9. The van der Waals surface area contributed by atoms with Crippen LogP contribution in [-0.2, 0) is 4.74 Å². The molecule has 0 spiro atoms. The standard InChI is InChI=1S/C25H24N2O3/c1-16-7-9-17(10-8-16)21-15-22(20-5-3-4-6-23(20)28)27-24(26-21)18-11-13-19(14-12-18)25(29)30-2/h3-14,22,24,27-28H,15H2,1-2H3/t22-,24+/m1/s1. The van der Waals surface area contributed by atoms with Crippen LogP contribution in [0.3, 0.4) is 0 Å². The molecule has 4 rings (SSSR count). The molecule has 2 N–H and O–H groups in total. The van der Waals surface area contributed by atoms with Gasteiger partial charge in [-0.25, -0.2) is 4.79 Å². The van der Waals surface area contributed by atoms with E-state index in [1.807, 2.05) is 30.3 Å². The number of carbonyl (C=O) groups excluding carboxylic acids is 1. The molecule has 5 heteroatoms. The summed E-state index contributed by atoms with van der Waals surface area (Å²) in [6, 6.07) is 22.9. The van der Waals surface area contributed by atoms with E-state index in [-0.39, 0.29) is 23.9 Å². The van der Waals surface area contributed by atoms with E-state index in [0.29, 0.717) is 12.0 Å². The van der Waals surface area contributed by atoms with E-state index in [9.17, 15) is 9.90 Å². The number of rotatable bonds is 4. The second kappa shape index (κ2) is 8.51. The fourth-order valence-electron chi connectivity index (χ4n) is 3.70. The number of aromatic hydroxyl groups is 1. The van der Waals surface area contributed by atoms with Crippen molar-refractivity contribution >= 4 is 11.7 Å². The lowest BCUT2D eigenvalue weighted by molar-refractivity contribution is 0.0600. The van der Waals surface area contributed by atoms with Gasteiger partial charge in [0, 0.05) is 23.7 Å². The minimum atomic E-state index is -0.367. The van der Waals surface area contributed by atoms with Gasteiger partial charge in [-0.3, -0.25) is 10.3 Å². The molecular weight excluding hydrogens is 376 g/mol. The Hall–Kier alpha value is -3.44. The van der Waals surface area contributed by atoms with Crippen molar-refractivity contribution in [3.8, 4) is 5.75 Å². The zero-order chi connectivity index (χ0) is 21.1. The lowest BCUT2D eigenvalue weighted by Crippen LogP contribution is -2.33. The average Bonchev–Trinajstić information content (AvgIpc) is 2.79. The Bertz CT molecular complexity index is 1070. The van der Waals surface area contributed by atoms with Crippen LogP contribution in [0.1, 0.15) is 51.2 Å². The third kappa shape index (κ3) is 4.11. The maximum absolute atomic E-state index is 11.7. The molecule has 0 radical (unpaired) electrons. The quantitative estimate of drug-likeness (QED) is 0.622. The Kier molecular flexibility index (Phi) is 5.63. The molecule has 1 heterocycles. The largest absolute Gasteiger partial charge is 0.508 e. The van der Waals surface area contributed by atoms with E-state index < -0.39 is 0 Å². The van der Waals surface area contributed by atoms with Gasteiger partial charge in [-0.15, -0.1) is 0 Å². The summed E-state index contributed by atoms with van der Waals surface area (Å²) >= 11 is 0. The first-order chi connectivity index (χ1) is 14.5. The van der Waals surface area contributed by atoms with Gasteiger partial charge in [0.1, 0.15) is 11.9 Å². The molecule has 3 aromatic carbocycles. The highest BCUT2D eigenvalue weighted by Gasteiger charge is 2.27. The number of phenolic OH excluding ortho intramolecular Hbond substituents is 1. The molecule has 0 saturated carbocycles. The zero-order valence-corrected chi connectivity index (χ0v) is 17.0. The van der Waals surface area contributed by atoms with Crippen LogP contribution in [0.5, 0.6) is 5.75 Å². The summed E-state index contributed by atoms with van der Waals surface area (Å²) in [6.07, 6.45) is 0.364. The number of methoxy groups -OCH3 is 1. The van der Waals surface area contributed by atoms with Crippen LogP contribution in [0, 0.1) is 6.92 Å². The Morgan fingerprint density at radius 1 is 1.03 bits per heavy atom. The lowest BCUT2D eigenvalue weighted by atomic mass is 9.93. The van der Waals surface area contributed by atoms with Crippen molar-refractivity contribution in [2.75, 3.05) is 7.11 Å². The highest BCUT2D eigenvalue weighted by molar-refractivity contribution is 6.01. The maximum Gasteiger partial charge on any atom is 0.337 e. The summed E-state index contributed by atoms with van der Waals surface area (Å²) in [5.41, 5.74) is 5.51. The maximum atomic E-state index is 11.7. The number of benzene rings is 3. The van der Waals surface area contributed by atoms with E-state index >= 15 is 0 Å². The summed E-state index contributed by atoms with van der Waals surface area (Å²) in [4.78, 5) is 16.7. The molecule has 0 unspecified atom stereocenters. The van der Waals surface area contributed by atoms with Gasteiger partial charge >= 0.3 is 5.97 Å². The average molecular weight is 400 g/mol. The molecule has 1 aliphatic rings. The van der Waals surface area contributed by atoms with Crippen LogP contribution in [0.25, 0.3) is 0 Å². The number of nitrogens with zero attached hydrogens (tertiary/aromatic N) is 1. The second-order valence-electron chi connectivity index (χ2n) is 7.44. The molecule has 30 heavy (non-hydrogen) atoms. The van der Waals surface area contributed by atoms with Crippen molar-refractivity contribution in [3.63, 3.8) is 0 Å². The summed E-state index contributed by atoms with van der Waals surface area (Å²) < 4.78 is 4.78. The van der Waals surface area contributed by atoms with Gasteiger partial charge in [-0.1, -0.05) is 60.2 Å². The summed E-state index contributed by atoms with van der Waals surface area (Å²) in [7, 11) is 1.37. The number of hydrogen-bond donors (Lipinski definition) is 2. The van der Waals surface area contributed by atoms with Crippen LogP contribution < -0.4 is 5.32 Å². The number of ether oxygens (including phenoxy) is 1. The van der Waals surface area contributed by atoms with Crippen LogP contribution in [0.2, 0.25) is 0 Å². The molecule has 0 bridgehead atoms. The highest BCUT2D eigenvalue weighted by Crippen LogP contribution is 2.34. The number of esters is 1. The monoisotopic (exact) mass is 400 g/mol. The highest BCUT2D eigenvalue weighted by atomic mass is 16.5. The predicted octanol–water partition coefficient (Wildman–Crippen LogP) is 4.71. The minimum absolute atomic E-state index is 0.0923. The van der Waals surface area contributed by atoms with Crippen molar-refractivity contribution in [2.45, 2.75) is 25.6 Å². The first-order valence-electron chi connectivity index (χ1n) is 9.91. The molecule has 0 fully saturated rings. The van der Waals surface area contributed by atoms with Gasteiger partial charge < -0.3 is 9.84 Å². The molecule has 2 atom stereocenters. The molecule has 0 amide bonds. The van der Waals surface area contributed by atoms with Crippen LogP contribution in [0.4, 0.5) is 0 Å². The number of phenols is 1. The van der Waals surface area contributed by atoms with Gasteiger partial charge in [0.2, 0.25) is 0 Å². The predicted molar refractivity (Wildman–Crippen MR) is 117 cm³/mol. The number of nitrogens with one attached hydrogen (secondary N) is 1. The van der Waals surface area contributed by atoms with E-state index in [1.165, 1.54) is 12.7 Å². The number of aliphatic imine (C=N–C) groups is 1. The van der Waals surface area contributed by atoms with Crippen molar-refractivity contribution in [2.24, 2.45) is 4.99 Å². The zero-order valence-electron chi connectivity index (χ0n) is 17.0. The normalized spacial score (nSPS) is 18.5. The van der Waals surface area contributed by atoms with Gasteiger partial charge in [-0.2, -0.15) is 0 Å². The van der Waals surface area contributed by atoms with Gasteiger partial charge in [0.05, 0.1) is 12.7 Å². The number of carbonyl (C=O) groups is 1. The van der Waals surface area contributed by atoms with Crippen LogP contribution in [0.15, 0.2) is 77.8 Å². The van der Waals surface area contributed by atoms with Crippen molar-refractivity contribution in [1.82, 2.24) is 5.32 Å². The summed E-state index contributed by atoms with van der Waals surface area (Å²) in [5, 5.41) is 13.9. The number of hydrogen-bond acceptors (Lipinski definition) is 5. The van der Waals surface area contributed by atoms with Gasteiger partial charge in [-0.05, 0) is 36.2 Å². The van der Waals surface area contributed by atoms with Gasteiger partial charge in [0.25, 0.3) is 0 Å². The fraction of sp³-hybridized carbons (Fsp3) is 0.200. The SMILES string of the molecule is COC(=O)c1ccc([C@H]2N=C(c3ccc(C)cc3)C[C@H](c3ccccc3O)N2)cc1. The van der Waals surface area contributed by atoms with E-state index in [1.54, 1.807) is 18.2 Å². The van der Waals surface area contributed by atoms with Crippen molar-refractivity contribution < 1.29 is 14.6 Å². The molecule has 5 nitrogen and oxygen atoms in total.